The second-order valence-electron chi connectivity index (χ2n) is 8.95. The number of carbonyl (C=O) groups excluding carboxylic acids is 1. The Labute approximate surface area is 188 Å². The van der Waals surface area contributed by atoms with Gasteiger partial charge in [-0.05, 0) is 81.6 Å². The van der Waals surface area contributed by atoms with Gasteiger partial charge in [0, 0.05) is 36.6 Å². The van der Waals surface area contributed by atoms with E-state index >= 15 is 0 Å². The van der Waals surface area contributed by atoms with E-state index in [9.17, 15) is 13.6 Å². The van der Waals surface area contributed by atoms with Gasteiger partial charge in [-0.3, -0.25) is 9.69 Å². The molecule has 0 spiro atoms. The molecule has 2 aliphatic rings. The van der Waals surface area contributed by atoms with Crippen LogP contribution in [0.25, 0.3) is 0 Å². The van der Waals surface area contributed by atoms with Crippen LogP contribution in [0.4, 0.5) is 20.2 Å². The van der Waals surface area contributed by atoms with Gasteiger partial charge in [-0.1, -0.05) is 12.1 Å². The highest BCUT2D eigenvalue weighted by Crippen LogP contribution is 2.25. The molecule has 2 aliphatic heterocycles. The zero-order valence-corrected chi connectivity index (χ0v) is 18.7. The van der Waals surface area contributed by atoms with Crippen molar-refractivity contribution in [1.82, 2.24) is 9.80 Å². The molecule has 2 fully saturated rings. The lowest BCUT2D eigenvalue weighted by molar-refractivity contribution is -0.114. The smallest absolute Gasteiger partial charge is 0.243 e. The molecular weight excluding hydrogens is 410 g/mol. The topological polar surface area (TPSA) is 47.6 Å². The molecule has 5 nitrogen and oxygen atoms in total. The summed E-state index contributed by atoms with van der Waals surface area (Å²) in [6, 6.07) is 10.3. The van der Waals surface area contributed by atoms with E-state index in [0.717, 1.165) is 43.0 Å². The maximum absolute atomic E-state index is 13.3. The van der Waals surface area contributed by atoms with Crippen molar-refractivity contribution in [2.24, 2.45) is 0 Å². The molecule has 172 valence electrons. The number of hydrogen-bond donors (Lipinski definition) is 2. The quantitative estimate of drug-likeness (QED) is 0.637. The summed E-state index contributed by atoms with van der Waals surface area (Å²) in [4.78, 5) is 17.6. The van der Waals surface area contributed by atoms with E-state index in [1.165, 1.54) is 50.4 Å². The van der Waals surface area contributed by atoms with Crippen LogP contribution in [0.2, 0.25) is 0 Å². The Morgan fingerprint density at radius 2 is 1.84 bits per heavy atom. The molecular formula is C25H32F2N4O. The van der Waals surface area contributed by atoms with Gasteiger partial charge in [0.15, 0.2) is 11.6 Å². The van der Waals surface area contributed by atoms with Crippen molar-refractivity contribution >= 4 is 17.3 Å². The highest BCUT2D eigenvalue weighted by molar-refractivity contribution is 5.94. The van der Waals surface area contributed by atoms with E-state index in [2.05, 4.69) is 32.6 Å². The van der Waals surface area contributed by atoms with Crippen LogP contribution in [0.1, 0.15) is 36.8 Å². The van der Waals surface area contributed by atoms with Gasteiger partial charge in [-0.2, -0.15) is 0 Å². The van der Waals surface area contributed by atoms with Crippen molar-refractivity contribution in [2.75, 3.05) is 43.4 Å². The molecule has 0 aliphatic carbocycles. The van der Waals surface area contributed by atoms with E-state index < -0.39 is 11.6 Å². The number of nitrogens with zero attached hydrogens (tertiary/aromatic N) is 2. The minimum Gasteiger partial charge on any atom is -0.376 e. The Morgan fingerprint density at radius 3 is 2.62 bits per heavy atom. The van der Waals surface area contributed by atoms with Crippen molar-refractivity contribution in [3.63, 3.8) is 0 Å². The first kappa shape index (κ1) is 22.7. The minimum absolute atomic E-state index is 0.0290. The van der Waals surface area contributed by atoms with Crippen LogP contribution >= 0.6 is 0 Å². The minimum atomic E-state index is -0.941. The first-order chi connectivity index (χ1) is 15.5. The SMILES string of the molecule is Cc1ccc(CN2CCC[C@H]2CN2CCCC2)cc1NC(=O)CNc1ccc(F)c(F)c1. The van der Waals surface area contributed by atoms with Crippen LogP contribution in [0.5, 0.6) is 0 Å². The third-order valence-electron chi connectivity index (χ3n) is 6.50. The number of halogens is 2. The summed E-state index contributed by atoms with van der Waals surface area (Å²) in [6.07, 6.45) is 5.13. The summed E-state index contributed by atoms with van der Waals surface area (Å²) >= 11 is 0. The lowest BCUT2D eigenvalue weighted by atomic mass is 10.1. The van der Waals surface area contributed by atoms with Crippen molar-refractivity contribution in [3.8, 4) is 0 Å². The predicted molar refractivity (Wildman–Crippen MR) is 124 cm³/mol. The molecule has 0 bridgehead atoms. The molecule has 32 heavy (non-hydrogen) atoms. The van der Waals surface area contributed by atoms with Crippen LogP contribution in [0.3, 0.4) is 0 Å². The average molecular weight is 443 g/mol. The second-order valence-corrected chi connectivity index (χ2v) is 8.95. The predicted octanol–water partition coefficient (Wildman–Crippen LogP) is 4.38. The van der Waals surface area contributed by atoms with Crippen molar-refractivity contribution in [1.29, 1.82) is 0 Å². The van der Waals surface area contributed by atoms with E-state index in [0.29, 0.717) is 11.7 Å². The van der Waals surface area contributed by atoms with E-state index in [4.69, 9.17) is 0 Å². The van der Waals surface area contributed by atoms with Crippen LogP contribution in [-0.2, 0) is 11.3 Å². The fourth-order valence-corrected chi connectivity index (χ4v) is 4.69. The number of likely N-dealkylation sites (tertiary alicyclic amines) is 2. The zero-order valence-electron chi connectivity index (χ0n) is 18.7. The molecule has 1 amide bonds. The molecule has 0 unspecified atom stereocenters. The van der Waals surface area contributed by atoms with Gasteiger partial charge in [0.25, 0.3) is 0 Å². The monoisotopic (exact) mass is 442 g/mol. The molecule has 0 aromatic heterocycles. The van der Waals surface area contributed by atoms with Gasteiger partial charge in [0.1, 0.15) is 0 Å². The molecule has 2 aromatic carbocycles. The lowest BCUT2D eigenvalue weighted by Gasteiger charge is -2.28. The summed E-state index contributed by atoms with van der Waals surface area (Å²) in [5.41, 5.74) is 3.33. The first-order valence-corrected chi connectivity index (χ1v) is 11.5. The van der Waals surface area contributed by atoms with E-state index in [-0.39, 0.29) is 12.5 Å². The Hall–Kier alpha value is -2.51. The van der Waals surface area contributed by atoms with Crippen LogP contribution in [0, 0.1) is 18.6 Å². The maximum atomic E-state index is 13.3. The first-order valence-electron chi connectivity index (χ1n) is 11.5. The number of anilines is 2. The van der Waals surface area contributed by atoms with Crippen LogP contribution < -0.4 is 10.6 Å². The molecule has 2 N–H and O–H groups in total. The Kier molecular flexibility index (Phi) is 7.37. The number of hydrogen-bond acceptors (Lipinski definition) is 4. The molecule has 4 rings (SSSR count). The molecule has 2 aromatic rings. The van der Waals surface area contributed by atoms with Gasteiger partial charge in [-0.25, -0.2) is 8.78 Å². The highest BCUT2D eigenvalue weighted by atomic mass is 19.2. The number of rotatable bonds is 8. The second kappa shape index (κ2) is 10.4. The Morgan fingerprint density at radius 1 is 1.03 bits per heavy atom. The molecule has 0 saturated carbocycles. The Balaban J connectivity index is 1.33. The zero-order chi connectivity index (χ0) is 22.5. The summed E-state index contributed by atoms with van der Waals surface area (Å²) in [5.74, 6) is -2.08. The standard InChI is InChI=1S/C25H32F2N4O/c1-18-6-7-19(16-31-12-4-5-21(31)17-30-10-2-3-11-30)13-24(18)29-25(32)15-28-20-8-9-22(26)23(27)14-20/h6-9,13-14,21,28H,2-5,10-12,15-17H2,1H3,(H,29,32)/t21-/m0/s1. The lowest BCUT2D eigenvalue weighted by Crippen LogP contribution is -2.38. The van der Waals surface area contributed by atoms with Crippen molar-refractivity contribution in [2.45, 2.75) is 45.2 Å². The fourth-order valence-electron chi connectivity index (χ4n) is 4.69. The number of benzene rings is 2. The summed E-state index contributed by atoms with van der Waals surface area (Å²) < 4.78 is 26.4. The molecule has 7 heteroatoms. The number of aryl methyl sites for hydroxylation is 1. The van der Waals surface area contributed by atoms with Crippen LogP contribution in [0.15, 0.2) is 36.4 Å². The molecule has 0 radical (unpaired) electrons. The van der Waals surface area contributed by atoms with E-state index in [1.54, 1.807) is 0 Å². The highest BCUT2D eigenvalue weighted by Gasteiger charge is 2.27. The summed E-state index contributed by atoms with van der Waals surface area (Å²) in [7, 11) is 0. The normalized spacial score (nSPS) is 19.4. The maximum Gasteiger partial charge on any atom is 0.243 e. The number of amides is 1. The van der Waals surface area contributed by atoms with Crippen LogP contribution in [-0.4, -0.2) is 54.5 Å². The average Bonchev–Trinajstić information content (AvgIpc) is 3.44. The molecule has 2 saturated heterocycles. The van der Waals surface area contributed by atoms with Gasteiger partial charge < -0.3 is 15.5 Å². The Bertz CT molecular complexity index is 946. The van der Waals surface area contributed by atoms with Gasteiger partial charge >= 0.3 is 0 Å². The van der Waals surface area contributed by atoms with Gasteiger partial charge in [0.05, 0.1) is 6.54 Å². The molecule has 2 heterocycles. The van der Waals surface area contributed by atoms with Gasteiger partial charge in [-0.15, -0.1) is 0 Å². The fraction of sp³-hybridized carbons (Fsp3) is 0.480. The van der Waals surface area contributed by atoms with E-state index in [1.807, 2.05) is 13.0 Å². The van der Waals surface area contributed by atoms with Crippen molar-refractivity contribution in [3.05, 3.63) is 59.2 Å². The van der Waals surface area contributed by atoms with Crippen molar-refractivity contribution < 1.29 is 13.6 Å². The van der Waals surface area contributed by atoms with Gasteiger partial charge in [0.2, 0.25) is 5.91 Å². The third-order valence-corrected chi connectivity index (χ3v) is 6.50. The third kappa shape index (κ3) is 5.84. The number of nitrogens with one attached hydrogen (secondary N) is 2. The number of carbonyl (C=O) groups is 1. The largest absolute Gasteiger partial charge is 0.376 e. The molecule has 1 atom stereocenters. The summed E-state index contributed by atoms with van der Waals surface area (Å²) in [5, 5.41) is 5.78. The summed E-state index contributed by atoms with van der Waals surface area (Å²) in [6.45, 7) is 7.55.